The van der Waals surface area contributed by atoms with E-state index in [-0.39, 0.29) is 31.4 Å². The third-order valence-corrected chi connectivity index (χ3v) is 1.29. The van der Waals surface area contributed by atoms with Gasteiger partial charge in [0.25, 0.3) is 0 Å². The van der Waals surface area contributed by atoms with Crippen molar-refractivity contribution < 1.29 is 18.2 Å². The molecule has 1 atom stereocenters. The summed E-state index contributed by atoms with van der Waals surface area (Å²) in [5, 5.41) is 8.33. The molecule has 0 radical (unpaired) electrons. The van der Waals surface area contributed by atoms with Crippen LogP contribution in [0.3, 0.4) is 0 Å². The molecule has 0 fully saturated rings. The van der Waals surface area contributed by atoms with Gasteiger partial charge in [-0.25, -0.2) is 0 Å². The van der Waals surface area contributed by atoms with Crippen LogP contribution in [-0.2, 0) is 4.79 Å². The fourth-order valence-corrected chi connectivity index (χ4v) is 0.632. The second-order valence-electron chi connectivity index (χ2n) is 2.23. The molecule has 7 N–H and O–H groups in total. The van der Waals surface area contributed by atoms with E-state index in [0.29, 0.717) is 13.0 Å². The van der Waals surface area contributed by atoms with Crippen LogP contribution in [0.5, 0.6) is 0 Å². The Morgan fingerprint density at radius 1 is 1.50 bits per heavy atom. The number of rotatable bonds is 5. The number of hydrogen-bond donors (Lipinski definition) is 3. The fraction of sp³-hybridized carbons (Fsp3) is 0.833. The van der Waals surface area contributed by atoms with E-state index in [2.05, 4.69) is 0 Å². The predicted octanol–water partition coefficient (Wildman–Crippen LogP) is -1.45. The Morgan fingerprint density at radius 2 is 2.00 bits per heavy atom. The Kier molecular flexibility index (Phi) is 16.7. The first-order valence-electron chi connectivity index (χ1n) is 3.37. The summed E-state index contributed by atoms with van der Waals surface area (Å²) in [4.78, 5) is 10.1. The fourth-order valence-electron chi connectivity index (χ4n) is 0.632. The molecule has 0 saturated carbocycles. The quantitative estimate of drug-likeness (QED) is 0.363. The van der Waals surface area contributed by atoms with Crippen molar-refractivity contribution in [2.24, 2.45) is 11.5 Å². The molecule has 12 heavy (non-hydrogen) atoms. The van der Waals surface area contributed by atoms with E-state index in [0.717, 1.165) is 12.8 Å². The van der Waals surface area contributed by atoms with Crippen molar-refractivity contribution in [2.45, 2.75) is 25.3 Å². The molecule has 0 amide bonds. The number of aliphatic carboxylic acids is 1. The standard InChI is InChI=1S/C6H14N2O2.Mg.H2O.2H/c7-4-2-1-3-5(8)6(9)10;;;;/h5H,1-4,7-8H2,(H,9,10);;1H2;;/q;+2;;2*-1. The molecule has 6 heteroatoms. The van der Waals surface area contributed by atoms with Gasteiger partial charge in [0.05, 0.1) is 0 Å². The van der Waals surface area contributed by atoms with Gasteiger partial charge in [-0.3, -0.25) is 4.79 Å². The Hall–Kier alpha value is 0.116. The third kappa shape index (κ3) is 10.1. The SMILES string of the molecule is NCCCCC(N)C(=O)O.O.[H-].[H-].[Mg+2]. The molecule has 0 aromatic rings. The van der Waals surface area contributed by atoms with E-state index < -0.39 is 12.0 Å². The molecule has 0 aromatic heterocycles. The van der Waals surface area contributed by atoms with Crippen molar-refractivity contribution in [3.05, 3.63) is 0 Å². The first kappa shape index (κ1) is 18.0. The summed E-state index contributed by atoms with van der Waals surface area (Å²) in [6.45, 7) is 0.604. The van der Waals surface area contributed by atoms with E-state index in [4.69, 9.17) is 16.6 Å². The van der Waals surface area contributed by atoms with Crippen molar-refractivity contribution in [1.82, 2.24) is 0 Å². The summed E-state index contributed by atoms with van der Waals surface area (Å²) >= 11 is 0. The normalized spacial score (nSPS) is 10.8. The van der Waals surface area contributed by atoms with Crippen molar-refractivity contribution in [3.8, 4) is 0 Å². The molecule has 0 rings (SSSR count). The van der Waals surface area contributed by atoms with Gasteiger partial charge in [0.2, 0.25) is 0 Å². The van der Waals surface area contributed by atoms with Crippen LogP contribution >= 0.6 is 0 Å². The third-order valence-electron chi connectivity index (χ3n) is 1.29. The number of carboxylic acid groups (broad SMARTS) is 1. The summed E-state index contributed by atoms with van der Waals surface area (Å²) in [5.74, 6) is -0.933. The summed E-state index contributed by atoms with van der Waals surface area (Å²) in [6.07, 6.45) is 2.16. The minimum Gasteiger partial charge on any atom is -1.00 e. The largest absolute Gasteiger partial charge is 2.00 e. The van der Waals surface area contributed by atoms with Crippen LogP contribution in [0.15, 0.2) is 0 Å². The average molecular weight is 191 g/mol. The van der Waals surface area contributed by atoms with Crippen LogP contribution in [0.2, 0.25) is 0 Å². The maximum absolute atomic E-state index is 10.1. The van der Waals surface area contributed by atoms with Gasteiger partial charge in [-0.2, -0.15) is 0 Å². The number of nitrogens with two attached hydrogens (primary N) is 2. The van der Waals surface area contributed by atoms with Gasteiger partial charge in [0, 0.05) is 0 Å². The van der Waals surface area contributed by atoms with Gasteiger partial charge in [-0.05, 0) is 19.4 Å². The molecular formula is C6H18MgN2O3. The van der Waals surface area contributed by atoms with Gasteiger partial charge in [-0.15, -0.1) is 0 Å². The molecule has 0 aliphatic rings. The molecule has 0 heterocycles. The molecule has 1 unspecified atom stereocenters. The minimum atomic E-state index is -0.933. The van der Waals surface area contributed by atoms with Crippen molar-refractivity contribution >= 4 is 29.0 Å². The zero-order valence-corrected chi connectivity index (χ0v) is 8.54. The summed E-state index contributed by atoms with van der Waals surface area (Å²) in [5.41, 5.74) is 10.4. The second kappa shape index (κ2) is 11.1. The Labute approximate surface area is 90.9 Å². The number of hydrogen-bond acceptors (Lipinski definition) is 3. The summed E-state index contributed by atoms with van der Waals surface area (Å²) in [7, 11) is 0. The van der Waals surface area contributed by atoms with Gasteiger partial charge in [0.1, 0.15) is 6.04 Å². The van der Waals surface area contributed by atoms with E-state index in [1.54, 1.807) is 0 Å². The predicted molar refractivity (Wildman–Crippen MR) is 50.1 cm³/mol. The zero-order valence-electron chi connectivity index (χ0n) is 9.12. The number of carbonyl (C=O) groups is 1. The topological polar surface area (TPSA) is 121 Å². The first-order chi connectivity index (χ1) is 4.68. The van der Waals surface area contributed by atoms with Crippen LogP contribution < -0.4 is 11.5 Å². The molecule has 0 bridgehead atoms. The molecular weight excluding hydrogens is 172 g/mol. The van der Waals surface area contributed by atoms with Gasteiger partial charge in [0.15, 0.2) is 0 Å². The van der Waals surface area contributed by atoms with Crippen LogP contribution in [0, 0.1) is 0 Å². The maximum atomic E-state index is 10.1. The second-order valence-corrected chi connectivity index (χ2v) is 2.23. The average Bonchev–Trinajstić information content (AvgIpc) is 1.88. The Morgan fingerprint density at radius 3 is 2.33 bits per heavy atom. The molecule has 72 valence electrons. The van der Waals surface area contributed by atoms with Crippen LogP contribution in [0.4, 0.5) is 0 Å². The zero-order chi connectivity index (χ0) is 7.98. The van der Waals surface area contributed by atoms with E-state index >= 15 is 0 Å². The molecule has 5 nitrogen and oxygen atoms in total. The Balaban J connectivity index is -0.0000000675. The number of carboxylic acids is 1. The Bertz CT molecular complexity index is 121. The van der Waals surface area contributed by atoms with Crippen molar-refractivity contribution in [2.75, 3.05) is 6.54 Å². The van der Waals surface area contributed by atoms with Crippen molar-refractivity contribution in [1.29, 1.82) is 0 Å². The van der Waals surface area contributed by atoms with Crippen LogP contribution in [-0.4, -0.2) is 52.2 Å². The van der Waals surface area contributed by atoms with Crippen LogP contribution in [0.1, 0.15) is 22.1 Å². The molecule has 0 spiro atoms. The molecule has 0 saturated heterocycles. The van der Waals surface area contributed by atoms with Crippen LogP contribution in [0.25, 0.3) is 0 Å². The van der Waals surface area contributed by atoms with E-state index in [1.165, 1.54) is 0 Å². The van der Waals surface area contributed by atoms with Crippen molar-refractivity contribution in [3.63, 3.8) is 0 Å². The van der Waals surface area contributed by atoms with Gasteiger partial charge >= 0.3 is 29.0 Å². The first-order valence-corrected chi connectivity index (χ1v) is 3.37. The summed E-state index contributed by atoms with van der Waals surface area (Å²) in [6, 6.07) is -0.716. The molecule has 0 aliphatic carbocycles. The number of unbranched alkanes of at least 4 members (excludes halogenated alkanes) is 1. The van der Waals surface area contributed by atoms with E-state index in [9.17, 15) is 4.79 Å². The van der Waals surface area contributed by atoms with E-state index in [1.807, 2.05) is 0 Å². The smallest absolute Gasteiger partial charge is 1.00 e. The molecule has 0 aromatic carbocycles. The van der Waals surface area contributed by atoms with Gasteiger partial charge in [-0.1, -0.05) is 6.42 Å². The van der Waals surface area contributed by atoms with Gasteiger partial charge < -0.3 is 24.9 Å². The monoisotopic (exact) mass is 190 g/mol. The maximum Gasteiger partial charge on any atom is 2.00 e. The molecule has 0 aliphatic heterocycles. The minimum absolute atomic E-state index is 0. The summed E-state index contributed by atoms with van der Waals surface area (Å²) < 4.78 is 0.